The molecule has 0 amide bonds. The molecule has 0 radical (unpaired) electrons. The van der Waals surface area contributed by atoms with Gasteiger partial charge in [0.05, 0.1) is 21.5 Å². The quantitative estimate of drug-likeness (QED) is 0.818. The molecule has 0 aromatic carbocycles. The zero-order chi connectivity index (χ0) is 14.8. The van der Waals surface area contributed by atoms with Crippen LogP contribution in [0.1, 0.15) is 6.92 Å². The minimum absolute atomic E-state index is 0.114. The number of hydrogen-bond acceptors (Lipinski definition) is 5. The molecule has 1 fully saturated rings. The number of morpholine rings is 1. The van der Waals surface area contributed by atoms with Crippen molar-refractivity contribution in [2.24, 2.45) is 0 Å². The third kappa shape index (κ3) is 4.16. The number of nitrogens with one attached hydrogen (secondary N) is 1. The minimum Gasteiger partial charge on any atom is -0.374 e. The number of rotatable bonds is 5. The Morgan fingerprint density at radius 2 is 2.40 bits per heavy atom. The Labute approximate surface area is 136 Å². The van der Waals surface area contributed by atoms with Crippen LogP contribution in [0.3, 0.4) is 0 Å². The Morgan fingerprint density at radius 1 is 1.65 bits per heavy atom. The summed E-state index contributed by atoms with van der Waals surface area (Å²) in [4.78, 5) is 2.24. The summed E-state index contributed by atoms with van der Waals surface area (Å²) in [5, 5.41) is 0.404. The molecule has 1 aromatic rings. The lowest BCUT2D eigenvalue weighted by atomic mass is 10.3. The molecule has 9 heteroatoms. The van der Waals surface area contributed by atoms with Crippen LogP contribution in [0.4, 0.5) is 0 Å². The second kappa shape index (κ2) is 7.04. The van der Waals surface area contributed by atoms with Crippen LogP contribution >= 0.6 is 38.9 Å². The van der Waals surface area contributed by atoms with Crippen LogP contribution in [0.15, 0.2) is 14.1 Å². The zero-order valence-corrected chi connectivity index (χ0v) is 14.9. The molecule has 0 saturated carbocycles. The number of nitrogens with zero attached hydrogens (tertiary/aromatic N) is 1. The highest BCUT2D eigenvalue weighted by Gasteiger charge is 2.23. The van der Waals surface area contributed by atoms with Crippen molar-refractivity contribution >= 4 is 48.9 Å². The van der Waals surface area contributed by atoms with Crippen molar-refractivity contribution in [1.29, 1.82) is 0 Å². The molecule has 114 valence electrons. The lowest BCUT2D eigenvalue weighted by Crippen LogP contribution is -2.47. The predicted molar refractivity (Wildman–Crippen MR) is 84.1 cm³/mol. The van der Waals surface area contributed by atoms with E-state index in [4.69, 9.17) is 16.3 Å². The molecule has 2 heterocycles. The summed E-state index contributed by atoms with van der Waals surface area (Å²) in [5.74, 6) is 0. The van der Waals surface area contributed by atoms with E-state index in [1.807, 2.05) is 0 Å². The first-order chi connectivity index (χ1) is 9.42. The summed E-state index contributed by atoms with van der Waals surface area (Å²) >= 11 is 10.2. The number of halogens is 2. The molecule has 2 rings (SSSR count). The SMILES string of the molecule is CCN1CCOC(CNS(=O)(=O)c2cc(Cl)c(Br)s2)C1. The summed E-state index contributed by atoms with van der Waals surface area (Å²) in [6, 6.07) is 1.44. The van der Waals surface area contributed by atoms with E-state index >= 15 is 0 Å². The van der Waals surface area contributed by atoms with Crippen molar-refractivity contribution in [3.8, 4) is 0 Å². The average molecular weight is 404 g/mol. The summed E-state index contributed by atoms with van der Waals surface area (Å²) in [7, 11) is -3.53. The van der Waals surface area contributed by atoms with Gasteiger partial charge in [-0.15, -0.1) is 11.3 Å². The van der Waals surface area contributed by atoms with Crippen LogP contribution in [-0.4, -0.2) is 52.2 Å². The van der Waals surface area contributed by atoms with Gasteiger partial charge < -0.3 is 4.74 Å². The van der Waals surface area contributed by atoms with Gasteiger partial charge in [-0.05, 0) is 28.5 Å². The molecule has 1 unspecified atom stereocenters. The van der Waals surface area contributed by atoms with E-state index in [0.717, 1.165) is 31.0 Å². The van der Waals surface area contributed by atoms with Crippen LogP contribution in [0.25, 0.3) is 0 Å². The Kier molecular flexibility index (Phi) is 5.87. The Morgan fingerprint density at radius 3 is 3.00 bits per heavy atom. The third-order valence-corrected chi connectivity index (χ3v) is 7.43. The molecular weight excluding hydrogens is 388 g/mol. The normalized spacial score (nSPS) is 21.2. The number of ether oxygens (including phenoxy) is 1. The smallest absolute Gasteiger partial charge is 0.250 e. The highest BCUT2D eigenvalue weighted by atomic mass is 79.9. The van der Waals surface area contributed by atoms with Gasteiger partial charge in [-0.25, -0.2) is 13.1 Å². The first kappa shape index (κ1) is 16.7. The van der Waals surface area contributed by atoms with E-state index in [-0.39, 0.29) is 16.9 Å². The number of likely N-dealkylation sites (N-methyl/N-ethyl adjacent to an activating group) is 1. The second-order valence-corrected chi connectivity index (χ2v) is 9.20. The van der Waals surface area contributed by atoms with Crippen molar-refractivity contribution in [2.45, 2.75) is 17.2 Å². The van der Waals surface area contributed by atoms with Crippen molar-refractivity contribution in [1.82, 2.24) is 9.62 Å². The summed E-state index contributed by atoms with van der Waals surface area (Å²) in [6.07, 6.45) is -0.114. The van der Waals surface area contributed by atoms with Gasteiger partial charge in [0.2, 0.25) is 10.0 Å². The summed E-state index contributed by atoms with van der Waals surface area (Å²) in [6.45, 7) is 5.57. The van der Waals surface area contributed by atoms with E-state index in [1.54, 1.807) is 0 Å². The maximum Gasteiger partial charge on any atom is 0.250 e. The van der Waals surface area contributed by atoms with Gasteiger partial charge >= 0.3 is 0 Å². The van der Waals surface area contributed by atoms with E-state index in [1.165, 1.54) is 6.07 Å². The maximum absolute atomic E-state index is 12.1. The van der Waals surface area contributed by atoms with Gasteiger partial charge in [-0.3, -0.25) is 4.90 Å². The van der Waals surface area contributed by atoms with E-state index in [0.29, 0.717) is 15.4 Å². The monoisotopic (exact) mass is 402 g/mol. The van der Waals surface area contributed by atoms with E-state index < -0.39 is 10.0 Å². The standard InChI is InChI=1S/C11H16BrClN2O3S2/c1-2-15-3-4-18-8(7-15)6-14-20(16,17)10-5-9(13)11(12)19-10/h5,8,14H,2-4,6-7H2,1H3. The number of sulfonamides is 1. The topological polar surface area (TPSA) is 58.6 Å². The van der Waals surface area contributed by atoms with Gasteiger partial charge in [0.15, 0.2) is 0 Å². The Hall–Kier alpha value is 0.300. The fourth-order valence-electron chi connectivity index (χ4n) is 1.92. The molecule has 20 heavy (non-hydrogen) atoms. The van der Waals surface area contributed by atoms with Crippen LogP contribution in [0, 0.1) is 0 Å². The summed E-state index contributed by atoms with van der Waals surface area (Å²) < 4.78 is 33.3. The third-order valence-electron chi connectivity index (χ3n) is 3.06. The van der Waals surface area contributed by atoms with Crippen LogP contribution in [0.2, 0.25) is 5.02 Å². The molecule has 1 aliphatic rings. The first-order valence-electron chi connectivity index (χ1n) is 6.21. The maximum atomic E-state index is 12.1. The molecule has 5 nitrogen and oxygen atoms in total. The van der Waals surface area contributed by atoms with Gasteiger partial charge in [0.1, 0.15) is 4.21 Å². The molecule has 1 atom stereocenters. The number of thiophene rings is 1. The molecule has 0 bridgehead atoms. The highest BCUT2D eigenvalue weighted by molar-refractivity contribution is 9.11. The Bertz CT molecular complexity index is 545. The fourth-order valence-corrected chi connectivity index (χ4v) is 5.43. The number of hydrogen-bond donors (Lipinski definition) is 1. The fraction of sp³-hybridized carbons (Fsp3) is 0.636. The predicted octanol–water partition coefficient (Wildman–Crippen LogP) is 2.16. The van der Waals surface area contributed by atoms with Crippen LogP contribution in [-0.2, 0) is 14.8 Å². The Balaban J connectivity index is 1.95. The molecule has 1 aromatic heterocycles. The van der Waals surface area contributed by atoms with Gasteiger partial charge in [0, 0.05) is 19.6 Å². The van der Waals surface area contributed by atoms with Crippen molar-refractivity contribution in [3.05, 3.63) is 14.9 Å². The summed E-state index contributed by atoms with van der Waals surface area (Å²) in [5.41, 5.74) is 0. The lowest BCUT2D eigenvalue weighted by molar-refractivity contribution is -0.0229. The lowest BCUT2D eigenvalue weighted by Gasteiger charge is -2.31. The molecule has 1 N–H and O–H groups in total. The molecule has 1 saturated heterocycles. The molecule has 0 aliphatic carbocycles. The highest BCUT2D eigenvalue weighted by Crippen LogP contribution is 2.34. The van der Waals surface area contributed by atoms with Gasteiger partial charge in [-0.1, -0.05) is 18.5 Å². The molecular formula is C11H16BrClN2O3S2. The van der Waals surface area contributed by atoms with Crippen LogP contribution in [0.5, 0.6) is 0 Å². The van der Waals surface area contributed by atoms with Crippen molar-refractivity contribution in [3.63, 3.8) is 0 Å². The van der Waals surface area contributed by atoms with Gasteiger partial charge in [0.25, 0.3) is 0 Å². The molecule has 1 aliphatic heterocycles. The second-order valence-electron chi connectivity index (χ2n) is 4.43. The van der Waals surface area contributed by atoms with Crippen molar-refractivity contribution < 1.29 is 13.2 Å². The van der Waals surface area contributed by atoms with E-state index in [2.05, 4.69) is 32.5 Å². The molecule has 0 spiro atoms. The minimum atomic E-state index is -3.53. The van der Waals surface area contributed by atoms with Crippen LogP contribution < -0.4 is 4.72 Å². The largest absolute Gasteiger partial charge is 0.374 e. The van der Waals surface area contributed by atoms with Gasteiger partial charge in [-0.2, -0.15) is 0 Å². The first-order valence-corrected chi connectivity index (χ1v) is 9.68. The van der Waals surface area contributed by atoms with E-state index in [9.17, 15) is 8.42 Å². The van der Waals surface area contributed by atoms with Crippen molar-refractivity contribution in [2.75, 3.05) is 32.8 Å². The zero-order valence-electron chi connectivity index (χ0n) is 10.9. The average Bonchev–Trinajstić information content (AvgIpc) is 2.78.